The van der Waals surface area contributed by atoms with Gasteiger partial charge in [-0.25, -0.2) is 0 Å². The summed E-state index contributed by atoms with van der Waals surface area (Å²) in [4.78, 5) is 0. The minimum Gasteiger partial charge on any atom is -0.396 e. The number of nitrogens with zero attached hydrogens (tertiary/aromatic N) is 2. The van der Waals surface area contributed by atoms with Crippen LogP contribution < -0.4 is 5.73 Å². The second kappa shape index (κ2) is 3.58. The van der Waals surface area contributed by atoms with Crippen molar-refractivity contribution in [3.63, 3.8) is 0 Å². The van der Waals surface area contributed by atoms with E-state index < -0.39 is 0 Å². The molecule has 0 aliphatic carbocycles. The fourth-order valence-corrected chi connectivity index (χ4v) is 0.911. The number of hydrogen-bond acceptors (Lipinski definition) is 3. The number of hydrogen-bond donors (Lipinski definition) is 1. The molecule has 12 heavy (non-hydrogen) atoms. The number of rotatable bonds is 3. The molecular weight excluding hydrogens is 154 g/mol. The second-order valence-electron chi connectivity index (χ2n) is 3.06. The minimum atomic E-state index is 0.214. The molecule has 68 valence electrons. The van der Waals surface area contributed by atoms with E-state index in [0.717, 1.165) is 5.69 Å². The molecule has 1 aromatic rings. The lowest BCUT2D eigenvalue weighted by Crippen LogP contribution is -2.04. The zero-order chi connectivity index (χ0) is 9.14. The third-order valence-electron chi connectivity index (χ3n) is 1.49. The summed E-state index contributed by atoms with van der Waals surface area (Å²) in [5.41, 5.74) is 7.17. The lowest BCUT2D eigenvalue weighted by atomic mass is 10.4. The van der Waals surface area contributed by atoms with Gasteiger partial charge in [-0.3, -0.25) is 4.68 Å². The van der Waals surface area contributed by atoms with Crippen LogP contribution in [-0.2, 0) is 18.4 Å². The molecule has 0 fully saturated rings. The molecule has 0 unspecified atom stereocenters. The summed E-state index contributed by atoms with van der Waals surface area (Å²) in [7, 11) is 1.84. The molecule has 0 spiro atoms. The van der Waals surface area contributed by atoms with Crippen LogP contribution in [0.3, 0.4) is 0 Å². The van der Waals surface area contributed by atoms with Crippen LogP contribution in [0.5, 0.6) is 0 Å². The average molecular weight is 169 g/mol. The molecule has 0 aliphatic heterocycles. The zero-order valence-electron chi connectivity index (χ0n) is 7.74. The highest BCUT2D eigenvalue weighted by Crippen LogP contribution is 2.09. The first-order valence-electron chi connectivity index (χ1n) is 3.99. The maximum atomic E-state index is 5.66. The molecular formula is C8H15N3O. The molecule has 0 bridgehead atoms. The Morgan fingerprint density at radius 1 is 1.67 bits per heavy atom. The molecule has 0 aromatic carbocycles. The number of aromatic nitrogens is 2. The van der Waals surface area contributed by atoms with Crippen molar-refractivity contribution in [3.8, 4) is 0 Å². The van der Waals surface area contributed by atoms with Crippen LogP contribution in [-0.4, -0.2) is 15.9 Å². The molecule has 0 atom stereocenters. The van der Waals surface area contributed by atoms with Crippen LogP contribution in [0.25, 0.3) is 0 Å². The van der Waals surface area contributed by atoms with E-state index in [-0.39, 0.29) is 6.10 Å². The van der Waals surface area contributed by atoms with E-state index in [9.17, 15) is 0 Å². The highest BCUT2D eigenvalue weighted by atomic mass is 16.5. The lowest BCUT2D eigenvalue weighted by Gasteiger charge is -2.04. The third kappa shape index (κ3) is 2.23. The van der Waals surface area contributed by atoms with E-state index in [4.69, 9.17) is 10.5 Å². The Morgan fingerprint density at radius 2 is 2.33 bits per heavy atom. The standard InChI is InChI=1S/C8H15N3O/c1-6(2)12-5-8-7(9)4-11(3)10-8/h4,6H,5,9H2,1-3H3. The molecule has 1 aromatic heterocycles. The number of aryl methyl sites for hydroxylation is 1. The molecule has 0 saturated carbocycles. The van der Waals surface area contributed by atoms with E-state index in [1.807, 2.05) is 20.9 Å². The molecule has 1 heterocycles. The molecule has 0 amide bonds. The Morgan fingerprint density at radius 3 is 2.75 bits per heavy atom. The summed E-state index contributed by atoms with van der Waals surface area (Å²) >= 11 is 0. The number of nitrogen functional groups attached to an aromatic ring is 1. The van der Waals surface area contributed by atoms with Gasteiger partial charge < -0.3 is 10.5 Å². The van der Waals surface area contributed by atoms with Gasteiger partial charge in [0.15, 0.2) is 0 Å². The summed E-state index contributed by atoms with van der Waals surface area (Å²) in [5.74, 6) is 0. The Hall–Kier alpha value is -1.03. The summed E-state index contributed by atoms with van der Waals surface area (Å²) in [6.45, 7) is 4.46. The first-order valence-corrected chi connectivity index (χ1v) is 3.99. The fraction of sp³-hybridized carbons (Fsp3) is 0.625. The number of anilines is 1. The second-order valence-corrected chi connectivity index (χ2v) is 3.06. The maximum absolute atomic E-state index is 5.66. The summed E-state index contributed by atoms with van der Waals surface area (Å²) in [6.07, 6.45) is 1.99. The van der Waals surface area contributed by atoms with Crippen molar-refractivity contribution < 1.29 is 4.74 Å². The van der Waals surface area contributed by atoms with Crippen LogP contribution >= 0.6 is 0 Å². The quantitative estimate of drug-likeness (QED) is 0.732. The number of ether oxygens (including phenoxy) is 1. The molecule has 0 aliphatic rings. The largest absolute Gasteiger partial charge is 0.396 e. The minimum absolute atomic E-state index is 0.214. The van der Waals surface area contributed by atoms with Gasteiger partial charge in [0.2, 0.25) is 0 Å². The Bertz CT molecular complexity index is 255. The van der Waals surface area contributed by atoms with Crippen LogP contribution in [0, 0.1) is 0 Å². The summed E-state index contributed by atoms with van der Waals surface area (Å²) in [5, 5.41) is 4.15. The van der Waals surface area contributed by atoms with E-state index in [0.29, 0.717) is 12.3 Å². The molecule has 1 rings (SSSR count). The molecule has 4 nitrogen and oxygen atoms in total. The smallest absolute Gasteiger partial charge is 0.111 e. The first-order chi connectivity index (χ1) is 5.59. The normalized spacial score (nSPS) is 11.0. The van der Waals surface area contributed by atoms with Gasteiger partial charge >= 0.3 is 0 Å². The molecule has 0 saturated heterocycles. The monoisotopic (exact) mass is 169 g/mol. The van der Waals surface area contributed by atoms with Crippen molar-refractivity contribution >= 4 is 5.69 Å². The van der Waals surface area contributed by atoms with Gasteiger partial charge in [-0.15, -0.1) is 0 Å². The van der Waals surface area contributed by atoms with Crippen LogP contribution in [0.2, 0.25) is 0 Å². The van der Waals surface area contributed by atoms with Gasteiger partial charge in [-0.05, 0) is 13.8 Å². The highest BCUT2D eigenvalue weighted by molar-refractivity contribution is 5.39. The Kier molecular flexibility index (Phi) is 2.70. The Labute approximate surface area is 72.3 Å². The average Bonchev–Trinajstić information content (AvgIpc) is 2.26. The van der Waals surface area contributed by atoms with E-state index >= 15 is 0 Å². The van der Waals surface area contributed by atoms with Crippen molar-refractivity contribution in [2.24, 2.45) is 7.05 Å². The summed E-state index contributed by atoms with van der Waals surface area (Å²) in [6, 6.07) is 0. The highest BCUT2D eigenvalue weighted by Gasteiger charge is 2.04. The van der Waals surface area contributed by atoms with Crippen LogP contribution in [0.1, 0.15) is 19.5 Å². The van der Waals surface area contributed by atoms with E-state index in [1.165, 1.54) is 0 Å². The van der Waals surface area contributed by atoms with E-state index in [1.54, 1.807) is 10.9 Å². The zero-order valence-corrected chi connectivity index (χ0v) is 7.74. The van der Waals surface area contributed by atoms with Crippen molar-refractivity contribution in [1.29, 1.82) is 0 Å². The van der Waals surface area contributed by atoms with Crippen molar-refractivity contribution in [2.75, 3.05) is 5.73 Å². The van der Waals surface area contributed by atoms with Gasteiger partial charge in [0.25, 0.3) is 0 Å². The van der Waals surface area contributed by atoms with Gasteiger partial charge in [0.1, 0.15) is 5.69 Å². The van der Waals surface area contributed by atoms with Crippen LogP contribution in [0.15, 0.2) is 6.20 Å². The van der Waals surface area contributed by atoms with Gasteiger partial charge in [-0.2, -0.15) is 5.10 Å². The molecule has 4 heteroatoms. The maximum Gasteiger partial charge on any atom is 0.111 e. The predicted molar refractivity (Wildman–Crippen MR) is 47.5 cm³/mol. The first kappa shape index (κ1) is 9.06. The van der Waals surface area contributed by atoms with E-state index in [2.05, 4.69) is 5.10 Å². The van der Waals surface area contributed by atoms with Gasteiger partial charge in [-0.1, -0.05) is 0 Å². The topological polar surface area (TPSA) is 53.1 Å². The van der Waals surface area contributed by atoms with Gasteiger partial charge in [0.05, 0.1) is 18.4 Å². The van der Waals surface area contributed by atoms with Crippen LogP contribution in [0.4, 0.5) is 5.69 Å². The van der Waals surface area contributed by atoms with Crippen molar-refractivity contribution in [1.82, 2.24) is 9.78 Å². The summed E-state index contributed by atoms with van der Waals surface area (Å²) < 4.78 is 7.06. The molecule has 2 N–H and O–H groups in total. The van der Waals surface area contributed by atoms with Crippen molar-refractivity contribution in [3.05, 3.63) is 11.9 Å². The molecule has 0 radical (unpaired) electrons. The van der Waals surface area contributed by atoms with Crippen molar-refractivity contribution in [2.45, 2.75) is 26.6 Å². The number of nitrogens with two attached hydrogens (primary N) is 1. The predicted octanol–water partition coefficient (Wildman–Crippen LogP) is 0.927. The fourth-order valence-electron chi connectivity index (χ4n) is 0.911. The lowest BCUT2D eigenvalue weighted by molar-refractivity contribution is 0.0636. The Balaban J connectivity index is 2.57. The third-order valence-corrected chi connectivity index (χ3v) is 1.49. The van der Waals surface area contributed by atoms with Gasteiger partial charge in [0, 0.05) is 13.2 Å². The SMILES string of the molecule is CC(C)OCc1nn(C)cc1N.